The number of aromatic nitrogens is 2. The van der Waals surface area contributed by atoms with Crippen LogP contribution < -0.4 is 10.5 Å². The predicted molar refractivity (Wildman–Crippen MR) is 82.7 cm³/mol. The third-order valence-electron chi connectivity index (χ3n) is 3.80. The second kappa shape index (κ2) is 7.06. The summed E-state index contributed by atoms with van der Waals surface area (Å²) in [6.45, 7) is 0.828. The van der Waals surface area contributed by atoms with E-state index in [9.17, 15) is 8.78 Å². The van der Waals surface area contributed by atoms with Crippen molar-refractivity contribution in [3.8, 4) is 17.0 Å². The summed E-state index contributed by atoms with van der Waals surface area (Å²) >= 11 is 0. The zero-order valence-electron chi connectivity index (χ0n) is 13.1. The van der Waals surface area contributed by atoms with Gasteiger partial charge < -0.3 is 19.9 Å². The highest BCUT2D eigenvalue weighted by atomic mass is 19.3. The Balaban J connectivity index is 2.11. The molecule has 1 aromatic carbocycles. The zero-order valence-corrected chi connectivity index (χ0v) is 13.1. The standard InChI is InChI=1S/C16H17F2N3O3/c1-22-8-24-13-6-9(15(17)18)2-3-11(13)14-10-4-5-23-7-12(10)16(19)21-20-14/h2-3,6,15H,4-5,7-8H2,1H3,(H2,19,21). The Labute approximate surface area is 137 Å². The van der Waals surface area contributed by atoms with E-state index in [2.05, 4.69) is 10.2 Å². The van der Waals surface area contributed by atoms with E-state index in [0.717, 1.165) is 11.1 Å². The van der Waals surface area contributed by atoms with E-state index in [1.165, 1.54) is 19.2 Å². The van der Waals surface area contributed by atoms with Gasteiger partial charge in [-0.3, -0.25) is 0 Å². The van der Waals surface area contributed by atoms with Crippen LogP contribution >= 0.6 is 0 Å². The Bertz CT molecular complexity index is 741. The van der Waals surface area contributed by atoms with Gasteiger partial charge in [0.2, 0.25) is 0 Å². The molecule has 2 heterocycles. The third kappa shape index (κ3) is 3.15. The van der Waals surface area contributed by atoms with Gasteiger partial charge in [-0.15, -0.1) is 10.2 Å². The summed E-state index contributed by atoms with van der Waals surface area (Å²) < 4.78 is 41.7. The molecule has 8 heteroatoms. The van der Waals surface area contributed by atoms with Gasteiger partial charge in [0.15, 0.2) is 12.6 Å². The average Bonchev–Trinajstić information content (AvgIpc) is 2.60. The number of benzene rings is 1. The molecule has 3 rings (SSSR count). The number of methoxy groups -OCH3 is 1. The smallest absolute Gasteiger partial charge is 0.263 e. The Hall–Kier alpha value is -2.32. The molecule has 1 aliphatic heterocycles. The van der Waals surface area contributed by atoms with Crippen LogP contribution in [0.5, 0.6) is 5.75 Å². The lowest BCUT2D eigenvalue weighted by atomic mass is 9.97. The molecule has 0 unspecified atom stereocenters. The number of halogens is 2. The van der Waals surface area contributed by atoms with Crippen molar-refractivity contribution in [2.45, 2.75) is 19.5 Å². The van der Waals surface area contributed by atoms with Gasteiger partial charge in [-0.05, 0) is 24.1 Å². The van der Waals surface area contributed by atoms with Gasteiger partial charge in [0, 0.05) is 23.8 Å². The minimum atomic E-state index is -2.59. The molecule has 2 aromatic rings. The summed E-state index contributed by atoms with van der Waals surface area (Å²) in [5, 5.41) is 8.13. The number of anilines is 1. The van der Waals surface area contributed by atoms with Gasteiger partial charge in [0.25, 0.3) is 6.43 Å². The summed E-state index contributed by atoms with van der Waals surface area (Å²) in [6.07, 6.45) is -1.98. The van der Waals surface area contributed by atoms with Crippen LogP contribution in [0.4, 0.5) is 14.6 Å². The number of hydrogen-bond donors (Lipinski definition) is 1. The maximum absolute atomic E-state index is 13.0. The highest BCUT2D eigenvalue weighted by Gasteiger charge is 2.22. The summed E-state index contributed by atoms with van der Waals surface area (Å²) in [5.74, 6) is 0.583. The molecule has 0 aliphatic carbocycles. The quantitative estimate of drug-likeness (QED) is 0.845. The van der Waals surface area contributed by atoms with Gasteiger partial charge in [-0.25, -0.2) is 8.78 Å². The second-order valence-electron chi connectivity index (χ2n) is 5.30. The van der Waals surface area contributed by atoms with E-state index in [1.807, 2.05) is 0 Å². The van der Waals surface area contributed by atoms with Crippen LogP contribution in [0.2, 0.25) is 0 Å². The van der Waals surface area contributed by atoms with Crippen molar-refractivity contribution in [1.29, 1.82) is 0 Å². The first-order valence-corrected chi connectivity index (χ1v) is 7.37. The first-order chi connectivity index (χ1) is 11.6. The fourth-order valence-electron chi connectivity index (χ4n) is 2.63. The molecule has 128 valence electrons. The molecule has 0 atom stereocenters. The molecule has 24 heavy (non-hydrogen) atoms. The minimum Gasteiger partial charge on any atom is -0.467 e. The van der Waals surface area contributed by atoms with Crippen LogP contribution in [-0.2, 0) is 22.5 Å². The molecule has 0 saturated carbocycles. The number of ether oxygens (including phenoxy) is 3. The van der Waals surface area contributed by atoms with Crippen LogP contribution in [-0.4, -0.2) is 30.7 Å². The van der Waals surface area contributed by atoms with Gasteiger partial charge in [0.05, 0.1) is 13.2 Å². The molecule has 0 bridgehead atoms. The summed E-state index contributed by atoms with van der Waals surface area (Å²) in [4.78, 5) is 0. The first kappa shape index (κ1) is 16.5. The Morgan fingerprint density at radius 3 is 2.88 bits per heavy atom. The van der Waals surface area contributed by atoms with Gasteiger partial charge in [-0.2, -0.15) is 0 Å². The van der Waals surface area contributed by atoms with Crippen molar-refractivity contribution in [1.82, 2.24) is 10.2 Å². The monoisotopic (exact) mass is 337 g/mol. The number of fused-ring (bicyclic) bond motifs is 1. The molecule has 2 N–H and O–H groups in total. The molecular weight excluding hydrogens is 320 g/mol. The summed E-state index contributed by atoms with van der Waals surface area (Å²) in [5.41, 5.74) is 8.55. The molecule has 0 radical (unpaired) electrons. The van der Waals surface area contributed by atoms with Crippen LogP contribution in [0.15, 0.2) is 18.2 Å². The van der Waals surface area contributed by atoms with E-state index < -0.39 is 6.43 Å². The highest BCUT2D eigenvalue weighted by molar-refractivity contribution is 5.73. The fourth-order valence-corrected chi connectivity index (χ4v) is 2.63. The molecular formula is C16H17F2N3O3. The Kier molecular flexibility index (Phi) is 4.86. The summed E-state index contributed by atoms with van der Waals surface area (Å²) in [6, 6.07) is 4.20. The van der Waals surface area contributed by atoms with Crippen molar-refractivity contribution in [2.24, 2.45) is 0 Å². The molecule has 0 amide bonds. The van der Waals surface area contributed by atoms with Crippen molar-refractivity contribution in [2.75, 3.05) is 26.2 Å². The van der Waals surface area contributed by atoms with Crippen LogP contribution in [0.1, 0.15) is 23.1 Å². The number of nitrogen functional groups attached to an aromatic ring is 1. The zero-order chi connectivity index (χ0) is 17.1. The predicted octanol–water partition coefficient (Wildman–Crippen LogP) is 2.72. The van der Waals surface area contributed by atoms with Crippen molar-refractivity contribution >= 4 is 5.82 Å². The van der Waals surface area contributed by atoms with E-state index in [4.69, 9.17) is 19.9 Å². The molecule has 0 spiro atoms. The lowest BCUT2D eigenvalue weighted by Gasteiger charge is -2.21. The van der Waals surface area contributed by atoms with Crippen molar-refractivity contribution < 1.29 is 23.0 Å². The molecule has 1 aliphatic rings. The molecule has 1 aromatic heterocycles. The van der Waals surface area contributed by atoms with Crippen LogP contribution in [0, 0.1) is 0 Å². The highest BCUT2D eigenvalue weighted by Crippen LogP contribution is 2.37. The van der Waals surface area contributed by atoms with Gasteiger partial charge in [-0.1, -0.05) is 6.07 Å². The lowest BCUT2D eigenvalue weighted by molar-refractivity contribution is 0.0511. The number of nitrogens with two attached hydrogens (primary N) is 1. The van der Waals surface area contributed by atoms with Crippen molar-refractivity contribution in [3.63, 3.8) is 0 Å². The number of nitrogens with zero attached hydrogens (tertiary/aromatic N) is 2. The van der Waals surface area contributed by atoms with Crippen LogP contribution in [0.3, 0.4) is 0 Å². The maximum Gasteiger partial charge on any atom is 0.263 e. The maximum atomic E-state index is 13.0. The number of alkyl halides is 2. The third-order valence-corrected chi connectivity index (χ3v) is 3.80. The number of rotatable bonds is 5. The Morgan fingerprint density at radius 2 is 2.12 bits per heavy atom. The van der Waals surface area contributed by atoms with Crippen molar-refractivity contribution in [3.05, 3.63) is 34.9 Å². The topological polar surface area (TPSA) is 79.5 Å². The average molecular weight is 337 g/mol. The minimum absolute atomic E-state index is 0.0621. The van der Waals surface area contributed by atoms with Gasteiger partial charge in [0.1, 0.15) is 11.4 Å². The Morgan fingerprint density at radius 1 is 1.29 bits per heavy atom. The van der Waals surface area contributed by atoms with E-state index >= 15 is 0 Å². The molecule has 0 fully saturated rings. The first-order valence-electron chi connectivity index (χ1n) is 7.37. The van der Waals surface area contributed by atoms with E-state index in [1.54, 1.807) is 6.07 Å². The molecule has 0 saturated heterocycles. The largest absolute Gasteiger partial charge is 0.467 e. The molecule has 6 nitrogen and oxygen atoms in total. The van der Waals surface area contributed by atoms with Gasteiger partial charge >= 0.3 is 0 Å². The number of hydrogen-bond acceptors (Lipinski definition) is 6. The van der Waals surface area contributed by atoms with E-state index in [0.29, 0.717) is 36.7 Å². The fraction of sp³-hybridized carbons (Fsp3) is 0.375. The lowest BCUT2D eigenvalue weighted by Crippen LogP contribution is -2.16. The van der Waals surface area contributed by atoms with Crippen LogP contribution in [0.25, 0.3) is 11.3 Å². The normalized spacial score (nSPS) is 13.8. The van der Waals surface area contributed by atoms with E-state index in [-0.39, 0.29) is 18.1 Å². The summed E-state index contributed by atoms with van der Waals surface area (Å²) in [7, 11) is 1.46. The second-order valence-corrected chi connectivity index (χ2v) is 5.30. The SMILES string of the molecule is COCOc1cc(C(F)F)ccc1-c1nnc(N)c2c1CCOC2.